The fourth-order valence-corrected chi connectivity index (χ4v) is 4.27. The van der Waals surface area contributed by atoms with Gasteiger partial charge in [-0.05, 0) is 47.5 Å². The smallest absolute Gasteiger partial charge is 0.282 e. The van der Waals surface area contributed by atoms with E-state index in [-0.39, 0.29) is 5.56 Å². The van der Waals surface area contributed by atoms with Gasteiger partial charge in [0.2, 0.25) is 0 Å². The molecule has 5 nitrogen and oxygen atoms in total. The molecule has 22 heavy (non-hydrogen) atoms. The first-order chi connectivity index (χ1) is 10.6. The second-order valence-electron chi connectivity index (χ2n) is 6.71. The summed E-state index contributed by atoms with van der Waals surface area (Å²) in [6, 6.07) is 0.767. The number of aryl methyl sites for hydroxylation is 1. The maximum atomic E-state index is 12.0. The Labute approximate surface area is 140 Å². The molecule has 3 rings (SSSR count). The van der Waals surface area contributed by atoms with E-state index in [0.29, 0.717) is 4.47 Å². The zero-order chi connectivity index (χ0) is 15.7. The van der Waals surface area contributed by atoms with E-state index in [1.54, 1.807) is 13.2 Å². The van der Waals surface area contributed by atoms with Crippen LogP contribution in [0.4, 0.5) is 5.69 Å². The van der Waals surface area contributed by atoms with Gasteiger partial charge in [0, 0.05) is 39.3 Å². The first-order valence-electron chi connectivity index (χ1n) is 8.27. The van der Waals surface area contributed by atoms with Gasteiger partial charge < -0.3 is 4.90 Å². The fraction of sp³-hybridized carbons (Fsp3) is 0.750. The maximum absolute atomic E-state index is 12.0. The number of nitrogens with zero attached hydrogens (tertiary/aromatic N) is 4. The van der Waals surface area contributed by atoms with E-state index in [1.165, 1.54) is 30.4 Å². The molecule has 0 bridgehead atoms. The highest BCUT2D eigenvalue weighted by Crippen LogP contribution is 2.29. The molecular weight excluding hydrogens is 344 g/mol. The molecule has 1 aromatic rings. The molecule has 1 aliphatic heterocycles. The summed E-state index contributed by atoms with van der Waals surface area (Å²) in [5, 5.41) is 4.15. The van der Waals surface area contributed by atoms with Gasteiger partial charge in [0.15, 0.2) is 0 Å². The van der Waals surface area contributed by atoms with Crippen molar-refractivity contribution in [3.63, 3.8) is 0 Å². The third-order valence-electron chi connectivity index (χ3n) is 5.22. The van der Waals surface area contributed by atoms with E-state index < -0.39 is 0 Å². The molecule has 122 valence electrons. The quantitative estimate of drug-likeness (QED) is 0.802. The van der Waals surface area contributed by atoms with Crippen LogP contribution in [0.3, 0.4) is 0 Å². The lowest BCUT2D eigenvalue weighted by Crippen LogP contribution is -2.51. The Morgan fingerprint density at radius 1 is 1.14 bits per heavy atom. The molecule has 0 spiro atoms. The van der Waals surface area contributed by atoms with E-state index in [9.17, 15) is 4.79 Å². The van der Waals surface area contributed by atoms with Gasteiger partial charge in [0.05, 0.1) is 11.9 Å². The molecule has 1 saturated heterocycles. The van der Waals surface area contributed by atoms with Gasteiger partial charge in [0.25, 0.3) is 5.56 Å². The van der Waals surface area contributed by atoms with Gasteiger partial charge in [-0.25, -0.2) is 4.68 Å². The van der Waals surface area contributed by atoms with Gasteiger partial charge in [-0.3, -0.25) is 9.69 Å². The van der Waals surface area contributed by atoms with Gasteiger partial charge in [-0.2, -0.15) is 5.10 Å². The number of hydrogen-bond donors (Lipinski definition) is 0. The molecule has 2 heterocycles. The molecule has 0 amide bonds. The minimum atomic E-state index is -0.0683. The minimum absolute atomic E-state index is 0.0683. The molecular formula is C16H25BrN4O. The first kappa shape index (κ1) is 16.0. The SMILES string of the molecule is CC1CCC(N2CCN(c3cnn(C)c(=O)c3Br)CC2)CC1. The van der Waals surface area contributed by atoms with Gasteiger partial charge in [0.1, 0.15) is 4.47 Å². The van der Waals surface area contributed by atoms with Gasteiger partial charge in [-0.1, -0.05) is 6.92 Å². The van der Waals surface area contributed by atoms with Crippen LogP contribution in [0.25, 0.3) is 0 Å². The van der Waals surface area contributed by atoms with E-state index >= 15 is 0 Å². The summed E-state index contributed by atoms with van der Waals surface area (Å²) in [5.41, 5.74) is 0.862. The summed E-state index contributed by atoms with van der Waals surface area (Å²) in [7, 11) is 1.68. The molecule has 0 radical (unpaired) electrons. The number of hydrogen-bond acceptors (Lipinski definition) is 4. The summed E-state index contributed by atoms with van der Waals surface area (Å²) < 4.78 is 2.00. The van der Waals surface area contributed by atoms with Crippen molar-refractivity contribution in [2.45, 2.75) is 38.6 Å². The van der Waals surface area contributed by atoms with Crippen LogP contribution in [0.2, 0.25) is 0 Å². The second kappa shape index (κ2) is 6.71. The molecule has 0 atom stereocenters. The van der Waals surface area contributed by atoms with Crippen molar-refractivity contribution in [3.05, 3.63) is 21.0 Å². The Balaban J connectivity index is 1.62. The molecule has 1 aliphatic carbocycles. The van der Waals surface area contributed by atoms with Gasteiger partial charge >= 0.3 is 0 Å². The average molecular weight is 369 g/mol. The number of halogens is 1. The molecule has 2 aliphatic rings. The number of aromatic nitrogens is 2. The largest absolute Gasteiger partial charge is 0.367 e. The Morgan fingerprint density at radius 3 is 2.41 bits per heavy atom. The molecule has 1 aromatic heterocycles. The van der Waals surface area contributed by atoms with E-state index in [1.807, 2.05) is 0 Å². The predicted molar refractivity (Wildman–Crippen MR) is 92.4 cm³/mol. The molecule has 0 N–H and O–H groups in total. The molecule has 2 fully saturated rings. The zero-order valence-corrected chi connectivity index (χ0v) is 15.0. The lowest BCUT2D eigenvalue weighted by atomic mass is 9.86. The van der Waals surface area contributed by atoms with Crippen molar-refractivity contribution in [2.24, 2.45) is 13.0 Å². The summed E-state index contributed by atoms with van der Waals surface area (Å²) in [6.07, 6.45) is 7.23. The van der Waals surface area contributed by atoms with Crippen molar-refractivity contribution < 1.29 is 0 Å². The molecule has 0 unspecified atom stereocenters. The standard InChI is InChI=1S/C16H25BrN4O/c1-12-3-5-13(6-4-12)20-7-9-21(10-8-20)14-11-18-19(2)16(22)15(14)17/h11-13H,3-10H2,1-2H3. The van der Waals surface area contributed by atoms with Crippen molar-refractivity contribution in [1.29, 1.82) is 0 Å². The van der Waals surface area contributed by atoms with Crippen LogP contribution in [-0.4, -0.2) is 46.9 Å². The van der Waals surface area contributed by atoms with Crippen molar-refractivity contribution >= 4 is 21.6 Å². The maximum Gasteiger partial charge on any atom is 0.282 e. The Kier molecular flexibility index (Phi) is 4.88. The highest BCUT2D eigenvalue weighted by atomic mass is 79.9. The van der Waals surface area contributed by atoms with Crippen LogP contribution in [-0.2, 0) is 7.05 Å². The van der Waals surface area contributed by atoms with Gasteiger partial charge in [-0.15, -0.1) is 0 Å². The third-order valence-corrected chi connectivity index (χ3v) is 5.96. The lowest BCUT2D eigenvalue weighted by molar-refractivity contribution is 0.133. The predicted octanol–water partition coefficient (Wildman–Crippen LogP) is 2.24. The van der Waals surface area contributed by atoms with Crippen LogP contribution in [0.15, 0.2) is 15.5 Å². The minimum Gasteiger partial charge on any atom is -0.367 e. The van der Waals surface area contributed by atoms with Crippen molar-refractivity contribution in [1.82, 2.24) is 14.7 Å². The third kappa shape index (κ3) is 3.23. The normalized spacial score (nSPS) is 27.1. The van der Waals surface area contributed by atoms with Crippen LogP contribution < -0.4 is 10.5 Å². The number of piperazine rings is 1. The number of rotatable bonds is 2. The zero-order valence-electron chi connectivity index (χ0n) is 13.5. The van der Waals surface area contributed by atoms with Crippen LogP contribution in [0.5, 0.6) is 0 Å². The Bertz CT molecular complexity index is 572. The fourth-order valence-electron chi connectivity index (χ4n) is 3.66. The lowest BCUT2D eigenvalue weighted by Gasteiger charge is -2.42. The summed E-state index contributed by atoms with van der Waals surface area (Å²) in [5.74, 6) is 0.903. The Morgan fingerprint density at radius 2 is 1.77 bits per heavy atom. The average Bonchev–Trinajstić information content (AvgIpc) is 2.54. The van der Waals surface area contributed by atoms with E-state index in [0.717, 1.165) is 43.8 Å². The molecule has 6 heteroatoms. The van der Waals surface area contributed by atoms with Crippen LogP contribution in [0, 0.1) is 5.92 Å². The van der Waals surface area contributed by atoms with E-state index in [2.05, 4.69) is 37.8 Å². The van der Waals surface area contributed by atoms with E-state index in [4.69, 9.17) is 0 Å². The monoisotopic (exact) mass is 368 g/mol. The highest BCUT2D eigenvalue weighted by Gasteiger charge is 2.28. The van der Waals surface area contributed by atoms with Crippen LogP contribution >= 0.6 is 15.9 Å². The topological polar surface area (TPSA) is 41.4 Å². The summed E-state index contributed by atoms with van der Waals surface area (Å²) in [6.45, 7) is 6.48. The first-order valence-corrected chi connectivity index (χ1v) is 9.06. The van der Waals surface area contributed by atoms with Crippen molar-refractivity contribution in [2.75, 3.05) is 31.1 Å². The summed E-state index contributed by atoms with van der Waals surface area (Å²) >= 11 is 3.44. The number of anilines is 1. The van der Waals surface area contributed by atoms with Crippen molar-refractivity contribution in [3.8, 4) is 0 Å². The molecule has 0 aromatic carbocycles. The Hall–Kier alpha value is -0.880. The highest BCUT2D eigenvalue weighted by molar-refractivity contribution is 9.10. The van der Waals surface area contributed by atoms with Crippen LogP contribution in [0.1, 0.15) is 32.6 Å². The second-order valence-corrected chi connectivity index (χ2v) is 7.50. The molecule has 1 saturated carbocycles. The summed E-state index contributed by atoms with van der Waals surface area (Å²) in [4.78, 5) is 16.9.